The Kier molecular flexibility index (Phi) is 10.6. The van der Waals surface area contributed by atoms with Gasteiger partial charge in [0, 0.05) is 30.6 Å². The summed E-state index contributed by atoms with van der Waals surface area (Å²) in [4.78, 5) is 28.2. The van der Waals surface area contributed by atoms with Gasteiger partial charge in [-0.2, -0.15) is 0 Å². The van der Waals surface area contributed by atoms with E-state index in [0.717, 1.165) is 42.4 Å². The van der Waals surface area contributed by atoms with E-state index in [-0.39, 0.29) is 37.4 Å². The van der Waals surface area contributed by atoms with Gasteiger partial charge in [0.15, 0.2) is 0 Å². The molecule has 1 saturated carbocycles. The quantitative estimate of drug-likeness (QED) is 0.399. The Labute approximate surface area is 232 Å². The van der Waals surface area contributed by atoms with Crippen LogP contribution in [0.3, 0.4) is 0 Å². The summed E-state index contributed by atoms with van der Waals surface area (Å²) in [6, 6.07) is 12.3. The number of sulfonamides is 1. The molecule has 2 amide bonds. The van der Waals surface area contributed by atoms with E-state index in [1.807, 2.05) is 38.1 Å². The first-order chi connectivity index (χ1) is 18.0. The Morgan fingerprint density at radius 1 is 1.05 bits per heavy atom. The number of rotatable bonds is 11. The van der Waals surface area contributed by atoms with Gasteiger partial charge in [0.1, 0.15) is 6.04 Å². The van der Waals surface area contributed by atoms with Gasteiger partial charge in [-0.25, -0.2) is 8.42 Å². The molecular formula is C29H40ClN3O4S. The molecule has 0 heterocycles. The van der Waals surface area contributed by atoms with Crippen molar-refractivity contribution in [3.8, 4) is 0 Å². The molecule has 1 aliphatic carbocycles. The number of hydrogen-bond donors (Lipinski definition) is 1. The number of aryl methyl sites for hydroxylation is 1. The SMILES string of the molecule is Cc1cccc(N(CCCC(=O)N(Cc2ccc(Cl)cc2)C(C)C(=O)NC2CCCCC2)S(C)(=O)=O)c1C. The lowest BCUT2D eigenvalue weighted by Crippen LogP contribution is -2.50. The molecule has 7 nitrogen and oxygen atoms in total. The molecule has 1 aliphatic rings. The fourth-order valence-corrected chi connectivity index (χ4v) is 6.07. The van der Waals surface area contributed by atoms with Gasteiger partial charge < -0.3 is 10.2 Å². The maximum Gasteiger partial charge on any atom is 0.242 e. The molecule has 3 rings (SSSR count). The van der Waals surface area contributed by atoms with Crippen LogP contribution in [0.25, 0.3) is 0 Å². The summed E-state index contributed by atoms with van der Waals surface area (Å²) in [7, 11) is -3.54. The number of carbonyl (C=O) groups is 2. The normalized spacial score (nSPS) is 15.1. The number of amides is 2. The van der Waals surface area contributed by atoms with Gasteiger partial charge in [-0.1, -0.05) is 55.1 Å². The smallest absolute Gasteiger partial charge is 0.242 e. The highest BCUT2D eigenvalue weighted by molar-refractivity contribution is 7.92. The molecule has 2 aromatic rings. The van der Waals surface area contributed by atoms with Gasteiger partial charge in [-0.15, -0.1) is 0 Å². The molecule has 0 radical (unpaired) electrons. The zero-order chi connectivity index (χ0) is 27.9. The third-order valence-corrected chi connectivity index (χ3v) is 8.81. The Morgan fingerprint density at radius 3 is 2.34 bits per heavy atom. The van der Waals surface area contributed by atoms with Gasteiger partial charge in [-0.05, 0) is 74.9 Å². The van der Waals surface area contributed by atoms with Crippen molar-refractivity contribution in [1.29, 1.82) is 0 Å². The van der Waals surface area contributed by atoms with E-state index in [2.05, 4.69) is 5.32 Å². The van der Waals surface area contributed by atoms with Crippen molar-refractivity contribution < 1.29 is 18.0 Å². The van der Waals surface area contributed by atoms with Crippen molar-refractivity contribution in [1.82, 2.24) is 10.2 Å². The lowest BCUT2D eigenvalue weighted by atomic mass is 9.95. The Balaban J connectivity index is 1.73. The van der Waals surface area contributed by atoms with Crippen molar-refractivity contribution in [2.75, 3.05) is 17.1 Å². The lowest BCUT2D eigenvalue weighted by molar-refractivity contribution is -0.141. The van der Waals surface area contributed by atoms with Crippen LogP contribution in [0.2, 0.25) is 5.02 Å². The molecule has 0 saturated heterocycles. The summed E-state index contributed by atoms with van der Waals surface area (Å²) in [5.41, 5.74) is 3.38. The van der Waals surface area contributed by atoms with E-state index in [1.54, 1.807) is 30.0 Å². The molecule has 1 unspecified atom stereocenters. The minimum absolute atomic E-state index is 0.117. The largest absolute Gasteiger partial charge is 0.352 e. The van der Waals surface area contributed by atoms with Crippen LogP contribution < -0.4 is 9.62 Å². The summed E-state index contributed by atoms with van der Waals surface area (Å²) < 4.78 is 26.6. The van der Waals surface area contributed by atoms with E-state index in [0.29, 0.717) is 17.1 Å². The predicted molar refractivity (Wildman–Crippen MR) is 154 cm³/mol. The van der Waals surface area contributed by atoms with Gasteiger partial charge in [0.25, 0.3) is 0 Å². The van der Waals surface area contributed by atoms with E-state index < -0.39 is 16.1 Å². The van der Waals surface area contributed by atoms with Crippen LogP contribution in [0, 0.1) is 13.8 Å². The van der Waals surface area contributed by atoms with E-state index in [9.17, 15) is 18.0 Å². The molecule has 0 spiro atoms. The molecule has 1 atom stereocenters. The van der Waals surface area contributed by atoms with Crippen molar-refractivity contribution in [2.45, 2.75) is 84.3 Å². The average Bonchev–Trinajstić information content (AvgIpc) is 2.87. The monoisotopic (exact) mass is 561 g/mol. The molecule has 0 aromatic heterocycles. The van der Waals surface area contributed by atoms with Crippen LogP contribution >= 0.6 is 11.6 Å². The summed E-state index contributed by atoms with van der Waals surface area (Å²) >= 11 is 6.04. The summed E-state index contributed by atoms with van der Waals surface area (Å²) in [6.07, 6.45) is 6.94. The summed E-state index contributed by atoms with van der Waals surface area (Å²) in [6.45, 7) is 6.03. The summed E-state index contributed by atoms with van der Waals surface area (Å²) in [5, 5.41) is 3.73. The molecule has 2 aromatic carbocycles. The third kappa shape index (κ3) is 8.21. The first-order valence-electron chi connectivity index (χ1n) is 13.4. The number of nitrogens with one attached hydrogen (secondary N) is 1. The third-order valence-electron chi connectivity index (χ3n) is 7.38. The minimum atomic E-state index is -3.54. The topological polar surface area (TPSA) is 86.8 Å². The Hall–Kier alpha value is -2.58. The molecule has 1 N–H and O–H groups in total. The summed E-state index contributed by atoms with van der Waals surface area (Å²) in [5.74, 6) is -0.354. The van der Waals surface area contributed by atoms with E-state index >= 15 is 0 Å². The second kappa shape index (κ2) is 13.5. The first kappa shape index (κ1) is 30.0. The molecule has 0 aliphatic heterocycles. The zero-order valence-electron chi connectivity index (χ0n) is 22.9. The Bertz CT molecular complexity index is 1210. The van der Waals surface area contributed by atoms with Crippen LogP contribution in [0.1, 0.15) is 68.6 Å². The van der Waals surface area contributed by atoms with Crippen molar-refractivity contribution >= 4 is 39.1 Å². The average molecular weight is 562 g/mol. The second-order valence-electron chi connectivity index (χ2n) is 10.3. The molecule has 208 valence electrons. The second-order valence-corrected chi connectivity index (χ2v) is 12.7. The van der Waals surface area contributed by atoms with Crippen LogP contribution in [0.4, 0.5) is 5.69 Å². The molecule has 0 bridgehead atoms. The number of anilines is 1. The highest BCUT2D eigenvalue weighted by Gasteiger charge is 2.28. The number of hydrogen-bond acceptors (Lipinski definition) is 4. The van der Waals surface area contributed by atoms with Crippen molar-refractivity contribution in [3.63, 3.8) is 0 Å². The van der Waals surface area contributed by atoms with E-state index in [4.69, 9.17) is 11.6 Å². The van der Waals surface area contributed by atoms with Gasteiger partial charge in [0.05, 0.1) is 11.9 Å². The predicted octanol–water partition coefficient (Wildman–Crippen LogP) is 5.37. The zero-order valence-corrected chi connectivity index (χ0v) is 24.4. The standard InChI is InChI=1S/C29H40ClN3O4S/c1-21-10-8-13-27(22(21)2)33(38(4,36)37)19-9-14-28(34)32(20-24-15-17-25(30)18-16-24)23(3)29(35)31-26-11-6-5-7-12-26/h8,10,13,15-18,23,26H,5-7,9,11-12,14,19-20H2,1-4H3,(H,31,35). The minimum Gasteiger partial charge on any atom is -0.352 e. The van der Waals surface area contributed by atoms with Crippen LogP contribution in [0.15, 0.2) is 42.5 Å². The molecule has 9 heteroatoms. The van der Waals surface area contributed by atoms with Gasteiger partial charge in [0.2, 0.25) is 21.8 Å². The van der Waals surface area contributed by atoms with Crippen LogP contribution in [-0.4, -0.2) is 50.0 Å². The van der Waals surface area contributed by atoms with Gasteiger partial charge in [-0.3, -0.25) is 13.9 Å². The number of nitrogens with zero attached hydrogens (tertiary/aromatic N) is 2. The highest BCUT2D eigenvalue weighted by Crippen LogP contribution is 2.26. The maximum absolute atomic E-state index is 13.5. The Morgan fingerprint density at radius 2 is 1.71 bits per heavy atom. The van der Waals surface area contributed by atoms with Crippen LogP contribution in [0.5, 0.6) is 0 Å². The number of benzene rings is 2. The fourth-order valence-electron chi connectivity index (χ4n) is 4.93. The fraction of sp³-hybridized carbons (Fsp3) is 0.517. The van der Waals surface area contributed by atoms with Gasteiger partial charge >= 0.3 is 0 Å². The first-order valence-corrected chi connectivity index (χ1v) is 15.6. The number of carbonyl (C=O) groups excluding carboxylic acids is 2. The van der Waals surface area contributed by atoms with Crippen LogP contribution in [-0.2, 0) is 26.2 Å². The van der Waals surface area contributed by atoms with Crippen molar-refractivity contribution in [2.24, 2.45) is 0 Å². The number of halogens is 1. The van der Waals surface area contributed by atoms with Crippen molar-refractivity contribution in [3.05, 3.63) is 64.2 Å². The highest BCUT2D eigenvalue weighted by atomic mass is 35.5. The van der Waals surface area contributed by atoms with E-state index in [1.165, 1.54) is 17.0 Å². The lowest BCUT2D eigenvalue weighted by Gasteiger charge is -2.31. The molecule has 1 fully saturated rings. The molecular weight excluding hydrogens is 522 g/mol. The molecule has 38 heavy (non-hydrogen) atoms. The maximum atomic E-state index is 13.5.